The van der Waals surface area contributed by atoms with Crippen LogP contribution in [0.4, 0.5) is 0 Å². The molecule has 0 spiro atoms. The van der Waals surface area contributed by atoms with Crippen LogP contribution in [0.1, 0.15) is 236 Å². The quantitative estimate of drug-likeness (QED) is 0.0351. The largest absolute Gasteiger partial charge is 0.353 e. The van der Waals surface area contributed by atoms with E-state index in [-0.39, 0.29) is 23.3 Å². The summed E-state index contributed by atoms with van der Waals surface area (Å²) in [6.45, 7) is 24.9. The highest BCUT2D eigenvalue weighted by Gasteiger charge is 2.21. The average molecular weight is 792 g/mol. The Morgan fingerprint density at radius 2 is 0.642 bits per heavy atom. The number of hydrogen-bond acceptors (Lipinski definition) is 3. The number of hydrogen-bond donors (Lipinski definition) is 0. The van der Waals surface area contributed by atoms with E-state index in [1.165, 1.54) is 116 Å². The zero-order valence-corrected chi connectivity index (χ0v) is 39.1. The molecule has 320 valence electrons. The van der Waals surface area contributed by atoms with Crippen LogP contribution < -0.4 is 0 Å². The molecule has 0 rings (SSSR count). The zero-order chi connectivity index (χ0) is 39.7. The molecule has 0 aromatic carbocycles. The second-order valence-electron chi connectivity index (χ2n) is 18.4. The van der Waals surface area contributed by atoms with Gasteiger partial charge in [-0.15, -0.1) is 23.2 Å². The first-order valence-electron chi connectivity index (χ1n) is 23.5. The minimum absolute atomic E-state index is 0.174. The molecule has 0 aromatic heterocycles. The van der Waals surface area contributed by atoms with Crippen LogP contribution in [0.2, 0.25) is 0 Å². The predicted octanol–water partition coefficient (Wildman–Crippen LogP) is 16.9. The number of rotatable bonds is 40. The first kappa shape index (κ1) is 53.5. The highest BCUT2D eigenvalue weighted by Crippen LogP contribution is 2.28. The molecule has 0 saturated carbocycles. The Kier molecular flexibility index (Phi) is 37.1. The SMILES string of the molecule is CCCCCCCCCOC(CCCC(C)CC(C)CC(C)CC(C)Cl)OC(CCCC(C)CC(C)CC(C)CC(C)Cl)OCCCCCCCCC. The zero-order valence-electron chi connectivity index (χ0n) is 37.6. The lowest BCUT2D eigenvalue weighted by Crippen LogP contribution is -2.28. The Bertz CT molecular complexity index is 688. The molecule has 0 amide bonds. The average Bonchev–Trinajstić information content (AvgIpc) is 3.05. The van der Waals surface area contributed by atoms with Crippen molar-refractivity contribution < 1.29 is 14.2 Å². The van der Waals surface area contributed by atoms with E-state index in [0.717, 1.165) is 76.4 Å². The first-order chi connectivity index (χ1) is 25.4. The number of unbranched alkanes of at least 4 members (excludes halogenated alkanes) is 12. The summed E-state index contributed by atoms with van der Waals surface area (Å²) in [5.41, 5.74) is 0. The molecular weight excluding hydrogens is 695 g/mol. The maximum Gasteiger partial charge on any atom is 0.160 e. The van der Waals surface area contributed by atoms with Gasteiger partial charge in [0.15, 0.2) is 12.6 Å². The van der Waals surface area contributed by atoms with Gasteiger partial charge in [0.1, 0.15) is 0 Å². The summed E-state index contributed by atoms with van der Waals surface area (Å²) in [6.07, 6.45) is 31.8. The third-order valence-corrected chi connectivity index (χ3v) is 11.7. The maximum absolute atomic E-state index is 6.81. The van der Waals surface area contributed by atoms with Gasteiger partial charge in [0, 0.05) is 24.0 Å². The van der Waals surface area contributed by atoms with Crippen LogP contribution in [0.5, 0.6) is 0 Å². The van der Waals surface area contributed by atoms with Crippen molar-refractivity contribution in [3.8, 4) is 0 Å². The van der Waals surface area contributed by atoms with Crippen molar-refractivity contribution in [3.63, 3.8) is 0 Å². The van der Waals surface area contributed by atoms with E-state index < -0.39 is 0 Å². The summed E-state index contributed by atoms with van der Waals surface area (Å²) in [5.74, 6) is 4.29. The molecule has 53 heavy (non-hydrogen) atoms. The van der Waals surface area contributed by atoms with Gasteiger partial charge < -0.3 is 14.2 Å². The molecule has 0 saturated heterocycles. The third kappa shape index (κ3) is 36.5. The monoisotopic (exact) mass is 791 g/mol. The fourth-order valence-electron chi connectivity index (χ4n) is 8.84. The first-order valence-corrected chi connectivity index (χ1v) is 24.4. The van der Waals surface area contributed by atoms with E-state index in [1.54, 1.807) is 0 Å². The summed E-state index contributed by atoms with van der Waals surface area (Å²) in [7, 11) is 0. The minimum atomic E-state index is -0.174. The molecule has 0 aliphatic carbocycles. The second-order valence-corrected chi connectivity index (χ2v) is 19.9. The lowest BCUT2D eigenvalue weighted by Gasteiger charge is -2.27. The van der Waals surface area contributed by atoms with E-state index in [0.29, 0.717) is 23.7 Å². The van der Waals surface area contributed by atoms with Crippen molar-refractivity contribution in [2.75, 3.05) is 13.2 Å². The molecule has 10 atom stereocenters. The summed E-state index contributed by atoms with van der Waals surface area (Å²) >= 11 is 12.6. The smallest absolute Gasteiger partial charge is 0.160 e. The van der Waals surface area contributed by atoms with Gasteiger partial charge in [-0.3, -0.25) is 0 Å². The number of halogens is 2. The van der Waals surface area contributed by atoms with Crippen LogP contribution >= 0.6 is 23.2 Å². The molecule has 0 aliphatic heterocycles. The Hall–Kier alpha value is 0.460. The fourth-order valence-corrected chi connectivity index (χ4v) is 9.45. The minimum Gasteiger partial charge on any atom is -0.353 e. The number of ether oxygens (including phenoxy) is 3. The van der Waals surface area contributed by atoms with Crippen LogP contribution in [0.3, 0.4) is 0 Å². The maximum atomic E-state index is 6.81. The van der Waals surface area contributed by atoms with Crippen LogP contribution in [0.15, 0.2) is 0 Å². The molecule has 0 N–H and O–H groups in total. The molecule has 0 fully saturated rings. The van der Waals surface area contributed by atoms with Gasteiger partial charge in [-0.1, -0.05) is 145 Å². The van der Waals surface area contributed by atoms with Crippen LogP contribution in [0, 0.1) is 35.5 Å². The van der Waals surface area contributed by atoms with Gasteiger partial charge in [-0.05, 0) is 126 Å². The third-order valence-electron chi connectivity index (χ3n) is 11.4. The number of alkyl halides is 2. The van der Waals surface area contributed by atoms with Crippen molar-refractivity contribution in [2.45, 2.75) is 260 Å². The van der Waals surface area contributed by atoms with Gasteiger partial charge in [0.25, 0.3) is 0 Å². The Labute approximate surface area is 344 Å². The normalized spacial score (nSPS) is 17.9. The van der Waals surface area contributed by atoms with Crippen molar-refractivity contribution in [2.24, 2.45) is 35.5 Å². The summed E-state index contributed by atoms with van der Waals surface area (Å²) in [6, 6.07) is 0. The predicted molar refractivity (Wildman–Crippen MR) is 238 cm³/mol. The van der Waals surface area contributed by atoms with E-state index in [1.807, 2.05) is 0 Å². The van der Waals surface area contributed by atoms with Crippen LogP contribution in [-0.2, 0) is 14.2 Å². The molecule has 5 heteroatoms. The lowest BCUT2D eigenvalue weighted by molar-refractivity contribution is -0.250. The Morgan fingerprint density at radius 1 is 0.340 bits per heavy atom. The van der Waals surface area contributed by atoms with Crippen molar-refractivity contribution in [3.05, 3.63) is 0 Å². The molecule has 3 nitrogen and oxygen atoms in total. The van der Waals surface area contributed by atoms with Gasteiger partial charge in [0.05, 0.1) is 0 Å². The summed E-state index contributed by atoms with van der Waals surface area (Å²) < 4.78 is 19.9. The van der Waals surface area contributed by atoms with Gasteiger partial charge in [0.2, 0.25) is 0 Å². The van der Waals surface area contributed by atoms with Crippen molar-refractivity contribution in [1.82, 2.24) is 0 Å². The van der Waals surface area contributed by atoms with E-state index in [9.17, 15) is 0 Å². The van der Waals surface area contributed by atoms with Crippen LogP contribution in [-0.4, -0.2) is 36.5 Å². The second kappa shape index (κ2) is 36.8. The topological polar surface area (TPSA) is 27.7 Å². The molecule has 0 heterocycles. The molecule has 0 aromatic rings. The Balaban J connectivity index is 5.24. The van der Waals surface area contributed by atoms with Crippen molar-refractivity contribution in [1.29, 1.82) is 0 Å². The standard InChI is InChI=1S/C48H96Cl2O3/c1-11-13-15-17-19-21-23-31-51-47(29-25-27-39(3)33-41(5)35-43(7)37-45(9)49)53-48(52-32-24-22-20-18-16-14-12-2)30-26-28-40(4)34-42(6)36-44(8)38-46(10)50/h39-48H,11-38H2,1-10H3. The van der Waals surface area contributed by atoms with Crippen molar-refractivity contribution >= 4 is 23.2 Å². The van der Waals surface area contributed by atoms with Gasteiger partial charge in [-0.2, -0.15) is 0 Å². The van der Waals surface area contributed by atoms with Crippen LogP contribution in [0.25, 0.3) is 0 Å². The molecule has 0 radical (unpaired) electrons. The molecule has 0 aliphatic rings. The van der Waals surface area contributed by atoms with Gasteiger partial charge in [-0.25, -0.2) is 0 Å². The summed E-state index contributed by atoms with van der Waals surface area (Å²) in [5, 5.41) is 0.542. The van der Waals surface area contributed by atoms with E-state index >= 15 is 0 Å². The molecule has 0 bridgehead atoms. The molecular formula is C48H96Cl2O3. The summed E-state index contributed by atoms with van der Waals surface area (Å²) in [4.78, 5) is 0. The van der Waals surface area contributed by atoms with E-state index in [4.69, 9.17) is 37.4 Å². The highest BCUT2D eigenvalue weighted by atomic mass is 35.5. The Morgan fingerprint density at radius 3 is 0.981 bits per heavy atom. The molecule has 10 unspecified atom stereocenters. The lowest BCUT2D eigenvalue weighted by atomic mass is 9.86. The highest BCUT2D eigenvalue weighted by molar-refractivity contribution is 6.20. The van der Waals surface area contributed by atoms with E-state index in [2.05, 4.69) is 69.2 Å². The van der Waals surface area contributed by atoms with Gasteiger partial charge >= 0.3 is 0 Å². The fraction of sp³-hybridized carbons (Fsp3) is 1.00.